The second-order valence-corrected chi connectivity index (χ2v) is 13.4. The molecule has 2 aliphatic rings. The van der Waals surface area contributed by atoms with Gasteiger partial charge in [-0.25, -0.2) is 0 Å². The van der Waals surface area contributed by atoms with E-state index in [0.717, 1.165) is 39.0 Å². The fraction of sp³-hybridized carbons (Fsp3) is 0.143. The fourth-order valence-corrected chi connectivity index (χ4v) is 8.02. The summed E-state index contributed by atoms with van der Waals surface area (Å²) < 4.78 is 6.66. The topological polar surface area (TPSA) is 16.4 Å². The van der Waals surface area contributed by atoms with Crippen molar-refractivity contribution in [3.05, 3.63) is 150 Å². The van der Waals surface area contributed by atoms with E-state index in [1.807, 2.05) is 0 Å². The third-order valence-electron chi connectivity index (χ3n) is 10.3. The number of fused-ring (bicyclic) bond motifs is 9. The quantitative estimate of drug-likeness (QED) is 0.211. The lowest BCUT2D eigenvalue weighted by Gasteiger charge is -2.28. The first-order chi connectivity index (χ1) is 21.3. The molecule has 6 aromatic carbocycles. The highest BCUT2D eigenvalue weighted by molar-refractivity contribution is 6.15. The van der Waals surface area contributed by atoms with Crippen LogP contribution in [-0.4, -0.2) is 0 Å². The van der Waals surface area contributed by atoms with Crippen molar-refractivity contribution in [2.45, 2.75) is 38.5 Å². The van der Waals surface area contributed by atoms with Crippen LogP contribution in [0.4, 0.5) is 17.1 Å². The van der Waals surface area contributed by atoms with E-state index in [9.17, 15) is 0 Å². The van der Waals surface area contributed by atoms with Crippen molar-refractivity contribution in [3.8, 4) is 22.3 Å². The van der Waals surface area contributed by atoms with Crippen LogP contribution in [-0.2, 0) is 10.8 Å². The minimum atomic E-state index is -0.0839. The van der Waals surface area contributed by atoms with Crippen LogP contribution < -0.4 is 4.90 Å². The van der Waals surface area contributed by atoms with Gasteiger partial charge in [0.15, 0.2) is 0 Å². The molecule has 7 aromatic rings. The van der Waals surface area contributed by atoms with Crippen molar-refractivity contribution in [3.63, 3.8) is 0 Å². The summed E-state index contributed by atoms with van der Waals surface area (Å²) in [5.74, 6) is 0. The molecule has 0 spiro atoms. The van der Waals surface area contributed by atoms with Gasteiger partial charge < -0.3 is 9.32 Å². The summed E-state index contributed by atoms with van der Waals surface area (Å²) in [4.78, 5) is 2.40. The molecule has 0 N–H and O–H groups in total. The molecule has 1 heterocycles. The summed E-state index contributed by atoms with van der Waals surface area (Å²) in [6.45, 7) is 9.34. The highest BCUT2D eigenvalue weighted by Gasteiger charge is 2.37. The average molecular weight is 568 g/mol. The zero-order chi connectivity index (χ0) is 29.8. The largest absolute Gasteiger partial charge is 0.456 e. The maximum absolute atomic E-state index is 6.66. The number of hydrogen-bond acceptors (Lipinski definition) is 2. The predicted molar refractivity (Wildman–Crippen MR) is 184 cm³/mol. The number of anilines is 3. The molecule has 0 saturated heterocycles. The molecular formula is C42H33NO. The number of benzene rings is 6. The van der Waals surface area contributed by atoms with Gasteiger partial charge in [-0.05, 0) is 93.0 Å². The van der Waals surface area contributed by atoms with E-state index < -0.39 is 0 Å². The van der Waals surface area contributed by atoms with E-state index in [1.54, 1.807) is 0 Å². The normalized spacial score (nSPS) is 15.2. The average Bonchev–Trinajstić information content (AvgIpc) is 3.61. The van der Waals surface area contributed by atoms with Crippen molar-refractivity contribution in [1.82, 2.24) is 0 Å². The van der Waals surface area contributed by atoms with Gasteiger partial charge in [-0.1, -0.05) is 107 Å². The Morgan fingerprint density at radius 3 is 1.80 bits per heavy atom. The maximum atomic E-state index is 6.66. The third-order valence-corrected chi connectivity index (χ3v) is 10.3. The van der Waals surface area contributed by atoms with Crippen molar-refractivity contribution >= 4 is 39.0 Å². The zero-order valence-corrected chi connectivity index (χ0v) is 25.5. The smallest absolute Gasteiger partial charge is 0.137 e. The molecule has 0 unspecified atom stereocenters. The molecule has 0 saturated carbocycles. The van der Waals surface area contributed by atoms with Gasteiger partial charge in [-0.2, -0.15) is 0 Å². The van der Waals surface area contributed by atoms with E-state index in [0.29, 0.717) is 0 Å². The molecule has 2 nitrogen and oxygen atoms in total. The van der Waals surface area contributed by atoms with Gasteiger partial charge in [0.25, 0.3) is 0 Å². The first-order valence-electron chi connectivity index (χ1n) is 15.5. The Bertz CT molecular complexity index is 2290. The van der Waals surface area contributed by atoms with Crippen molar-refractivity contribution in [2.75, 3.05) is 4.90 Å². The Balaban J connectivity index is 1.30. The summed E-state index contributed by atoms with van der Waals surface area (Å²) in [6.07, 6.45) is 0. The highest BCUT2D eigenvalue weighted by atomic mass is 16.3. The molecule has 0 atom stereocenters. The van der Waals surface area contributed by atoms with Gasteiger partial charge in [-0.3, -0.25) is 0 Å². The van der Waals surface area contributed by atoms with E-state index >= 15 is 0 Å². The number of hydrogen-bond donors (Lipinski definition) is 0. The lowest BCUT2D eigenvalue weighted by Crippen LogP contribution is -2.16. The van der Waals surface area contributed by atoms with Gasteiger partial charge in [0.1, 0.15) is 11.2 Å². The van der Waals surface area contributed by atoms with Gasteiger partial charge in [-0.15, -0.1) is 0 Å². The molecule has 2 aliphatic carbocycles. The van der Waals surface area contributed by atoms with Crippen LogP contribution >= 0.6 is 0 Å². The van der Waals surface area contributed by atoms with Crippen LogP contribution in [0.25, 0.3) is 44.2 Å². The van der Waals surface area contributed by atoms with Crippen LogP contribution in [0.3, 0.4) is 0 Å². The van der Waals surface area contributed by atoms with Crippen molar-refractivity contribution in [1.29, 1.82) is 0 Å². The Kier molecular flexibility index (Phi) is 5.05. The van der Waals surface area contributed by atoms with Gasteiger partial charge in [0.05, 0.1) is 11.1 Å². The predicted octanol–water partition coefficient (Wildman–Crippen LogP) is 11.7. The summed E-state index contributed by atoms with van der Waals surface area (Å²) in [5, 5.41) is 2.29. The lowest BCUT2D eigenvalue weighted by atomic mass is 9.82. The number of rotatable bonds is 3. The molecule has 0 amide bonds. The first kappa shape index (κ1) is 25.4. The molecule has 212 valence electrons. The van der Waals surface area contributed by atoms with Gasteiger partial charge >= 0.3 is 0 Å². The number of nitrogens with zero attached hydrogens (tertiary/aromatic N) is 1. The summed E-state index contributed by atoms with van der Waals surface area (Å²) in [5.41, 5.74) is 15.8. The summed E-state index contributed by atoms with van der Waals surface area (Å²) >= 11 is 0. The SMILES string of the molecule is CC1(C)c2ccccc2-c2ccc(N(c3ccccc3)c3cccc4oc5cc6c(cc5c34)-c3ccccc3C6(C)C)cc21. The van der Waals surface area contributed by atoms with E-state index in [4.69, 9.17) is 4.42 Å². The van der Waals surface area contributed by atoms with E-state index in [1.165, 1.54) is 44.5 Å². The van der Waals surface area contributed by atoms with Crippen LogP contribution in [0.15, 0.2) is 132 Å². The fourth-order valence-electron chi connectivity index (χ4n) is 8.02. The lowest BCUT2D eigenvalue weighted by molar-refractivity contribution is 0.647. The Morgan fingerprint density at radius 2 is 1.07 bits per heavy atom. The summed E-state index contributed by atoms with van der Waals surface area (Å²) in [7, 11) is 0. The second kappa shape index (κ2) is 8.74. The Morgan fingerprint density at radius 1 is 0.455 bits per heavy atom. The second-order valence-electron chi connectivity index (χ2n) is 13.4. The first-order valence-corrected chi connectivity index (χ1v) is 15.5. The van der Waals surface area contributed by atoms with Crippen LogP contribution in [0, 0.1) is 0 Å². The van der Waals surface area contributed by atoms with E-state index in [2.05, 4.69) is 160 Å². The molecule has 0 radical (unpaired) electrons. The molecule has 0 aliphatic heterocycles. The molecule has 44 heavy (non-hydrogen) atoms. The molecular weight excluding hydrogens is 534 g/mol. The molecule has 0 fully saturated rings. The van der Waals surface area contributed by atoms with Crippen LogP contribution in [0.5, 0.6) is 0 Å². The summed E-state index contributed by atoms with van der Waals surface area (Å²) in [6, 6.07) is 46.5. The van der Waals surface area contributed by atoms with E-state index in [-0.39, 0.29) is 10.8 Å². The standard InChI is InChI=1S/C42H33NO/c1-41(2)33-17-10-8-15-28(33)30-22-21-27(23-35(30)41)43(26-13-6-5-7-14-26)37-19-12-20-38-40(37)32-24-31-29-16-9-11-18-34(29)42(3,4)36(31)25-39(32)44-38/h5-25H,1-4H3. The Labute approximate surface area is 258 Å². The molecule has 1 aromatic heterocycles. The van der Waals surface area contributed by atoms with Crippen LogP contribution in [0.1, 0.15) is 49.9 Å². The van der Waals surface area contributed by atoms with Gasteiger partial charge in [0.2, 0.25) is 0 Å². The molecule has 9 rings (SSSR count). The van der Waals surface area contributed by atoms with Crippen molar-refractivity contribution in [2.24, 2.45) is 0 Å². The Hall–Kier alpha value is -5.08. The maximum Gasteiger partial charge on any atom is 0.137 e. The van der Waals surface area contributed by atoms with Gasteiger partial charge in [0, 0.05) is 27.6 Å². The minimum Gasteiger partial charge on any atom is -0.456 e. The van der Waals surface area contributed by atoms with Crippen LogP contribution in [0.2, 0.25) is 0 Å². The number of para-hydroxylation sites is 1. The number of furan rings is 1. The molecule has 0 bridgehead atoms. The zero-order valence-electron chi connectivity index (χ0n) is 25.5. The minimum absolute atomic E-state index is 0.0766. The monoisotopic (exact) mass is 567 g/mol. The third kappa shape index (κ3) is 3.31. The highest BCUT2D eigenvalue weighted by Crippen LogP contribution is 2.53. The van der Waals surface area contributed by atoms with Crippen molar-refractivity contribution < 1.29 is 4.42 Å². The molecule has 2 heteroatoms.